The second-order valence-electron chi connectivity index (χ2n) is 4.19. The molecule has 2 nitrogen and oxygen atoms in total. The first-order valence-corrected chi connectivity index (χ1v) is 6.28. The maximum absolute atomic E-state index is 3.59. The first kappa shape index (κ1) is 11.0. The number of nitrogens with one attached hydrogen (secondary N) is 2. The van der Waals surface area contributed by atoms with Crippen molar-refractivity contribution in [2.24, 2.45) is 0 Å². The Morgan fingerprint density at radius 2 is 2.00 bits per heavy atom. The number of anilines is 1. The molecule has 0 amide bonds. The van der Waals surface area contributed by atoms with Crippen LogP contribution in [0.4, 0.5) is 5.69 Å². The smallest absolute Gasteiger partial charge is 0.0356 e. The maximum Gasteiger partial charge on any atom is 0.0356 e. The fourth-order valence-corrected chi connectivity index (χ4v) is 2.63. The maximum atomic E-state index is 3.59. The molecule has 1 heterocycles. The summed E-state index contributed by atoms with van der Waals surface area (Å²) in [5, 5.41) is 6.97. The molecule has 1 saturated heterocycles. The SMILES string of the molecule is Cc1cc(Br)cc(NC2CCNCC2)c1. The summed E-state index contributed by atoms with van der Waals surface area (Å²) in [6, 6.07) is 7.11. The zero-order valence-corrected chi connectivity index (χ0v) is 10.6. The van der Waals surface area contributed by atoms with E-state index in [4.69, 9.17) is 0 Å². The number of hydrogen-bond acceptors (Lipinski definition) is 2. The van der Waals surface area contributed by atoms with E-state index < -0.39 is 0 Å². The van der Waals surface area contributed by atoms with Crippen LogP contribution < -0.4 is 10.6 Å². The second kappa shape index (κ2) is 4.99. The van der Waals surface area contributed by atoms with Crippen molar-refractivity contribution >= 4 is 21.6 Å². The van der Waals surface area contributed by atoms with Gasteiger partial charge in [-0.2, -0.15) is 0 Å². The number of halogens is 1. The van der Waals surface area contributed by atoms with Gasteiger partial charge in [-0.3, -0.25) is 0 Å². The molecule has 0 atom stereocenters. The normalized spacial score (nSPS) is 17.7. The van der Waals surface area contributed by atoms with Gasteiger partial charge in [0.25, 0.3) is 0 Å². The van der Waals surface area contributed by atoms with Crippen LogP contribution in [0.5, 0.6) is 0 Å². The van der Waals surface area contributed by atoms with Crippen molar-refractivity contribution in [1.82, 2.24) is 5.32 Å². The third-order valence-corrected chi connectivity index (χ3v) is 3.21. The first-order valence-electron chi connectivity index (χ1n) is 5.48. The molecule has 0 saturated carbocycles. The topological polar surface area (TPSA) is 24.1 Å². The van der Waals surface area contributed by atoms with Crippen LogP contribution in [0.2, 0.25) is 0 Å². The quantitative estimate of drug-likeness (QED) is 0.862. The largest absolute Gasteiger partial charge is 0.382 e. The molecule has 2 rings (SSSR count). The van der Waals surface area contributed by atoms with Crippen molar-refractivity contribution in [3.63, 3.8) is 0 Å². The molecule has 0 aromatic heterocycles. The van der Waals surface area contributed by atoms with E-state index in [2.05, 4.69) is 51.7 Å². The van der Waals surface area contributed by atoms with Gasteiger partial charge in [0, 0.05) is 16.2 Å². The van der Waals surface area contributed by atoms with Gasteiger partial charge in [0.2, 0.25) is 0 Å². The van der Waals surface area contributed by atoms with Crippen molar-refractivity contribution < 1.29 is 0 Å². The lowest BCUT2D eigenvalue weighted by Crippen LogP contribution is -2.35. The molecule has 3 heteroatoms. The molecule has 1 aromatic carbocycles. The van der Waals surface area contributed by atoms with Gasteiger partial charge in [-0.25, -0.2) is 0 Å². The van der Waals surface area contributed by atoms with E-state index in [0.29, 0.717) is 6.04 Å². The third kappa shape index (κ3) is 3.21. The summed E-state index contributed by atoms with van der Waals surface area (Å²) in [6.45, 7) is 4.38. The molecule has 82 valence electrons. The molecule has 0 bridgehead atoms. The van der Waals surface area contributed by atoms with Crippen LogP contribution in [0.25, 0.3) is 0 Å². The number of piperidine rings is 1. The fourth-order valence-electron chi connectivity index (χ4n) is 2.02. The minimum atomic E-state index is 0.625. The molecular weight excluding hydrogens is 252 g/mol. The predicted octanol–water partition coefficient (Wildman–Crippen LogP) is 2.92. The molecule has 2 N–H and O–H groups in total. The van der Waals surface area contributed by atoms with E-state index >= 15 is 0 Å². The minimum absolute atomic E-state index is 0.625. The Balaban J connectivity index is 2.02. The van der Waals surface area contributed by atoms with E-state index in [9.17, 15) is 0 Å². The standard InChI is InChI=1S/C12H17BrN2/c1-9-6-10(13)8-12(7-9)15-11-2-4-14-5-3-11/h6-8,11,14-15H,2-5H2,1H3. The highest BCUT2D eigenvalue weighted by Crippen LogP contribution is 2.21. The summed E-state index contributed by atoms with van der Waals surface area (Å²) in [7, 11) is 0. The summed E-state index contributed by atoms with van der Waals surface area (Å²) in [5.41, 5.74) is 2.52. The Morgan fingerprint density at radius 3 is 2.67 bits per heavy atom. The van der Waals surface area contributed by atoms with Gasteiger partial charge in [0.1, 0.15) is 0 Å². The van der Waals surface area contributed by atoms with Gasteiger partial charge >= 0.3 is 0 Å². The van der Waals surface area contributed by atoms with Gasteiger partial charge < -0.3 is 10.6 Å². The Morgan fingerprint density at radius 1 is 1.27 bits per heavy atom. The summed E-state index contributed by atoms with van der Waals surface area (Å²) in [5.74, 6) is 0. The van der Waals surface area contributed by atoms with Gasteiger partial charge in [-0.05, 0) is 56.6 Å². The number of rotatable bonds is 2. The van der Waals surface area contributed by atoms with Crippen molar-refractivity contribution in [1.29, 1.82) is 0 Å². The zero-order chi connectivity index (χ0) is 10.7. The molecule has 0 radical (unpaired) electrons. The summed E-state index contributed by atoms with van der Waals surface area (Å²) in [6.07, 6.45) is 2.43. The van der Waals surface area contributed by atoms with Crippen LogP contribution in [0, 0.1) is 6.92 Å². The zero-order valence-electron chi connectivity index (χ0n) is 9.02. The van der Waals surface area contributed by atoms with Crippen molar-refractivity contribution in [2.75, 3.05) is 18.4 Å². The van der Waals surface area contributed by atoms with Crippen LogP contribution in [0.3, 0.4) is 0 Å². The molecule has 1 aliphatic rings. The van der Waals surface area contributed by atoms with Gasteiger partial charge in [0.15, 0.2) is 0 Å². The lowest BCUT2D eigenvalue weighted by Gasteiger charge is -2.25. The fraction of sp³-hybridized carbons (Fsp3) is 0.500. The molecule has 1 aliphatic heterocycles. The van der Waals surface area contributed by atoms with E-state index in [1.165, 1.54) is 24.1 Å². The molecule has 15 heavy (non-hydrogen) atoms. The molecule has 1 aromatic rings. The molecule has 0 spiro atoms. The summed E-state index contributed by atoms with van der Waals surface area (Å²) >= 11 is 3.53. The molecular formula is C12H17BrN2. The van der Waals surface area contributed by atoms with Crippen molar-refractivity contribution in [3.8, 4) is 0 Å². The van der Waals surface area contributed by atoms with Gasteiger partial charge in [-0.15, -0.1) is 0 Å². The van der Waals surface area contributed by atoms with Crippen LogP contribution in [0.1, 0.15) is 18.4 Å². The lowest BCUT2D eigenvalue weighted by atomic mass is 10.1. The lowest BCUT2D eigenvalue weighted by molar-refractivity contribution is 0.479. The number of benzene rings is 1. The third-order valence-electron chi connectivity index (χ3n) is 2.75. The van der Waals surface area contributed by atoms with Crippen LogP contribution in [0.15, 0.2) is 22.7 Å². The van der Waals surface area contributed by atoms with Crippen LogP contribution in [-0.2, 0) is 0 Å². The monoisotopic (exact) mass is 268 g/mol. The van der Waals surface area contributed by atoms with E-state index in [1.54, 1.807) is 0 Å². The van der Waals surface area contributed by atoms with Gasteiger partial charge in [0.05, 0.1) is 0 Å². The van der Waals surface area contributed by atoms with Crippen LogP contribution >= 0.6 is 15.9 Å². The highest BCUT2D eigenvalue weighted by Gasteiger charge is 2.12. The van der Waals surface area contributed by atoms with E-state index in [-0.39, 0.29) is 0 Å². The van der Waals surface area contributed by atoms with E-state index in [0.717, 1.165) is 17.6 Å². The average Bonchev–Trinajstić information content (AvgIpc) is 2.17. The Bertz CT molecular complexity index is 312. The number of hydrogen-bond donors (Lipinski definition) is 2. The van der Waals surface area contributed by atoms with Crippen molar-refractivity contribution in [2.45, 2.75) is 25.8 Å². The second-order valence-corrected chi connectivity index (χ2v) is 5.10. The average molecular weight is 269 g/mol. The predicted molar refractivity (Wildman–Crippen MR) is 68.4 cm³/mol. The Hall–Kier alpha value is -0.540. The Labute approximate surface area is 99.6 Å². The van der Waals surface area contributed by atoms with Crippen molar-refractivity contribution in [3.05, 3.63) is 28.2 Å². The molecule has 1 fully saturated rings. The molecule has 0 unspecified atom stereocenters. The number of aryl methyl sites for hydroxylation is 1. The summed E-state index contributed by atoms with van der Waals surface area (Å²) in [4.78, 5) is 0. The van der Waals surface area contributed by atoms with Crippen LogP contribution in [-0.4, -0.2) is 19.1 Å². The molecule has 0 aliphatic carbocycles. The first-order chi connectivity index (χ1) is 7.24. The highest BCUT2D eigenvalue weighted by atomic mass is 79.9. The highest BCUT2D eigenvalue weighted by molar-refractivity contribution is 9.10. The summed E-state index contributed by atoms with van der Waals surface area (Å²) < 4.78 is 1.15. The minimum Gasteiger partial charge on any atom is -0.382 e. The Kier molecular flexibility index (Phi) is 3.65. The van der Waals surface area contributed by atoms with E-state index in [1.807, 2.05) is 0 Å². The van der Waals surface area contributed by atoms with Gasteiger partial charge in [-0.1, -0.05) is 15.9 Å².